The number of nitrogens with zero attached hydrogens (tertiary/aromatic N) is 2. The number of rotatable bonds is 4. The molecule has 21 heavy (non-hydrogen) atoms. The number of aromatic nitrogens is 1. The average Bonchev–Trinajstić information content (AvgIpc) is 2.52. The van der Waals surface area contributed by atoms with Gasteiger partial charge in [-0.2, -0.15) is 0 Å². The van der Waals surface area contributed by atoms with E-state index in [-0.39, 0.29) is 0 Å². The Kier molecular flexibility index (Phi) is 5.25. The van der Waals surface area contributed by atoms with E-state index in [9.17, 15) is 0 Å². The van der Waals surface area contributed by atoms with Crippen LogP contribution in [0.4, 0.5) is 0 Å². The van der Waals surface area contributed by atoms with Crippen LogP contribution < -0.4 is 0 Å². The first-order valence-corrected chi connectivity index (χ1v) is 6.46. The van der Waals surface area contributed by atoms with Gasteiger partial charge in [0, 0.05) is 34.8 Å². The van der Waals surface area contributed by atoms with Gasteiger partial charge in [0.25, 0.3) is 0 Å². The van der Waals surface area contributed by atoms with Crippen molar-refractivity contribution < 1.29 is 4.84 Å². The molecule has 0 atom stereocenters. The second kappa shape index (κ2) is 7.61. The Hall–Kier alpha value is -2.93. The zero-order valence-corrected chi connectivity index (χ0v) is 11.7. The summed E-state index contributed by atoms with van der Waals surface area (Å²) in [5.41, 5.74) is 3.14. The molecule has 0 amide bonds. The van der Waals surface area contributed by atoms with Crippen LogP contribution in [0.25, 0.3) is 0 Å². The van der Waals surface area contributed by atoms with Crippen LogP contribution in [0.1, 0.15) is 23.6 Å². The fourth-order valence-electron chi connectivity index (χ4n) is 1.73. The standard InChI is InChI=1S/C17H15N3O/c1-14(18)17-9-3-2-8-16(17)13-21-20-11-5-7-15-6-4-10-19-12-15/h2-4,6,8-12,18H,13H2,1H3/b18-14?,20-11+. The van der Waals surface area contributed by atoms with Gasteiger partial charge < -0.3 is 10.2 Å². The normalized spacial score (nSPS) is 9.95. The molecule has 1 heterocycles. The molecule has 0 unspecified atom stereocenters. The second-order valence-corrected chi connectivity index (χ2v) is 4.30. The molecule has 0 aliphatic carbocycles. The van der Waals surface area contributed by atoms with E-state index in [1.807, 2.05) is 36.4 Å². The fraction of sp³-hybridized carbons (Fsp3) is 0.118. The number of nitrogens with one attached hydrogen (secondary N) is 1. The minimum absolute atomic E-state index is 0.317. The lowest BCUT2D eigenvalue weighted by molar-refractivity contribution is 0.132. The molecule has 2 rings (SSSR count). The van der Waals surface area contributed by atoms with Gasteiger partial charge in [0.05, 0.1) is 0 Å². The Labute approximate surface area is 124 Å². The monoisotopic (exact) mass is 277 g/mol. The number of hydrogen-bond acceptors (Lipinski definition) is 4. The van der Waals surface area contributed by atoms with E-state index in [0.29, 0.717) is 12.3 Å². The molecule has 0 fully saturated rings. The van der Waals surface area contributed by atoms with E-state index in [4.69, 9.17) is 10.2 Å². The maximum absolute atomic E-state index is 7.70. The molecular formula is C17H15N3O. The maximum atomic E-state index is 7.70. The number of benzene rings is 1. The third-order valence-corrected chi connectivity index (χ3v) is 2.71. The van der Waals surface area contributed by atoms with Crippen LogP contribution in [0, 0.1) is 17.3 Å². The lowest BCUT2D eigenvalue weighted by Crippen LogP contribution is -2.00. The van der Waals surface area contributed by atoms with Crippen LogP contribution in [0.15, 0.2) is 53.9 Å². The summed E-state index contributed by atoms with van der Waals surface area (Å²) in [5, 5.41) is 11.5. The topological polar surface area (TPSA) is 58.3 Å². The lowest BCUT2D eigenvalue weighted by Gasteiger charge is -2.06. The van der Waals surface area contributed by atoms with Crippen molar-refractivity contribution in [2.24, 2.45) is 5.16 Å². The van der Waals surface area contributed by atoms with E-state index in [1.165, 1.54) is 6.21 Å². The number of pyridine rings is 1. The fourth-order valence-corrected chi connectivity index (χ4v) is 1.73. The molecule has 0 spiro atoms. The summed E-state index contributed by atoms with van der Waals surface area (Å²) in [5.74, 6) is 5.67. The van der Waals surface area contributed by atoms with Crippen molar-refractivity contribution in [2.75, 3.05) is 0 Å². The van der Waals surface area contributed by atoms with E-state index in [2.05, 4.69) is 22.0 Å². The van der Waals surface area contributed by atoms with Gasteiger partial charge in [-0.3, -0.25) is 4.98 Å². The van der Waals surface area contributed by atoms with Gasteiger partial charge in [-0.15, -0.1) is 0 Å². The van der Waals surface area contributed by atoms with Gasteiger partial charge in [-0.1, -0.05) is 35.3 Å². The minimum atomic E-state index is 0.317. The predicted molar refractivity (Wildman–Crippen MR) is 83.3 cm³/mol. The Morgan fingerprint density at radius 1 is 1.33 bits per heavy atom. The molecule has 1 aromatic carbocycles. The van der Waals surface area contributed by atoms with Gasteiger partial charge in [0.15, 0.2) is 0 Å². The third-order valence-electron chi connectivity index (χ3n) is 2.71. The molecule has 0 aliphatic heterocycles. The summed E-state index contributed by atoms with van der Waals surface area (Å²) in [6.07, 6.45) is 4.79. The quantitative estimate of drug-likeness (QED) is 0.530. The highest BCUT2D eigenvalue weighted by molar-refractivity contribution is 5.97. The number of oxime groups is 1. The van der Waals surface area contributed by atoms with Crippen LogP contribution in [-0.2, 0) is 11.4 Å². The Morgan fingerprint density at radius 2 is 2.19 bits per heavy atom. The zero-order chi connectivity index (χ0) is 14.9. The molecule has 104 valence electrons. The van der Waals surface area contributed by atoms with Gasteiger partial charge in [0.1, 0.15) is 12.8 Å². The van der Waals surface area contributed by atoms with Crippen LogP contribution >= 0.6 is 0 Å². The first-order valence-electron chi connectivity index (χ1n) is 6.46. The van der Waals surface area contributed by atoms with Crippen LogP contribution in [-0.4, -0.2) is 16.9 Å². The van der Waals surface area contributed by atoms with E-state index >= 15 is 0 Å². The molecular weight excluding hydrogens is 262 g/mol. The maximum Gasteiger partial charge on any atom is 0.142 e. The highest BCUT2D eigenvalue weighted by atomic mass is 16.6. The molecule has 0 radical (unpaired) electrons. The third kappa shape index (κ3) is 4.59. The predicted octanol–water partition coefficient (Wildman–Crippen LogP) is 3.02. The molecule has 0 saturated heterocycles. The van der Waals surface area contributed by atoms with Crippen molar-refractivity contribution >= 4 is 11.9 Å². The molecule has 1 N–H and O–H groups in total. The zero-order valence-electron chi connectivity index (χ0n) is 11.7. The Morgan fingerprint density at radius 3 is 2.95 bits per heavy atom. The van der Waals surface area contributed by atoms with Crippen LogP contribution in [0.5, 0.6) is 0 Å². The summed E-state index contributed by atoms with van der Waals surface area (Å²) in [6, 6.07) is 11.3. The SMILES string of the molecule is CC(=N)c1ccccc1CO/N=C/C#Cc1cccnc1. The number of hydrogen-bond donors (Lipinski definition) is 1. The van der Waals surface area contributed by atoms with Crippen molar-refractivity contribution in [2.45, 2.75) is 13.5 Å². The van der Waals surface area contributed by atoms with Gasteiger partial charge in [0.2, 0.25) is 0 Å². The summed E-state index contributed by atoms with van der Waals surface area (Å²) in [6.45, 7) is 2.07. The van der Waals surface area contributed by atoms with Crippen molar-refractivity contribution in [3.8, 4) is 11.8 Å². The molecule has 4 heteroatoms. The summed E-state index contributed by atoms with van der Waals surface area (Å²) in [7, 11) is 0. The van der Waals surface area contributed by atoms with Crippen molar-refractivity contribution in [3.63, 3.8) is 0 Å². The summed E-state index contributed by atoms with van der Waals surface area (Å²) >= 11 is 0. The van der Waals surface area contributed by atoms with Crippen LogP contribution in [0.3, 0.4) is 0 Å². The molecule has 0 saturated carbocycles. The molecule has 4 nitrogen and oxygen atoms in total. The second-order valence-electron chi connectivity index (χ2n) is 4.30. The Balaban J connectivity index is 1.89. The van der Waals surface area contributed by atoms with Gasteiger partial charge in [-0.25, -0.2) is 0 Å². The van der Waals surface area contributed by atoms with E-state index < -0.39 is 0 Å². The van der Waals surface area contributed by atoms with E-state index in [0.717, 1.165) is 16.7 Å². The first-order chi connectivity index (χ1) is 10.3. The van der Waals surface area contributed by atoms with E-state index in [1.54, 1.807) is 19.3 Å². The average molecular weight is 277 g/mol. The molecule has 0 aliphatic rings. The highest BCUT2D eigenvalue weighted by Crippen LogP contribution is 2.10. The highest BCUT2D eigenvalue weighted by Gasteiger charge is 2.03. The first kappa shape index (κ1) is 14.5. The van der Waals surface area contributed by atoms with Gasteiger partial charge >= 0.3 is 0 Å². The van der Waals surface area contributed by atoms with Crippen LogP contribution in [0.2, 0.25) is 0 Å². The smallest absolute Gasteiger partial charge is 0.142 e. The summed E-state index contributed by atoms with van der Waals surface area (Å²) in [4.78, 5) is 9.17. The molecule has 1 aromatic heterocycles. The molecule has 2 aromatic rings. The lowest BCUT2D eigenvalue weighted by atomic mass is 10.1. The Bertz CT molecular complexity index is 697. The van der Waals surface area contributed by atoms with Gasteiger partial charge in [-0.05, 0) is 25.0 Å². The summed E-state index contributed by atoms with van der Waals surface area (Å²) < 4.78 is 0. The van der Waals surface area contributed by atoms with Crippen molar-refractivity contribution in [1.82, 2.24) is 4.98 Å². The van der Waals surface area contributed by atoms with Crippen molar-refractivity contribution in [3.05, 3.63) is 65.5 Å². The molecule has 0 bridgehead atoms. The largest absolute Gasteiger partial charge is 0.390 e. The minimum Gasteiger partial charge on any atom is -0.390 e. The van der Waals surface area contributed by atoms with Crippen molar-refractivity contribution in [1.29, 1.82) is 5.41 Å².